The van der Waals surface area contributed by atoms with Crippen molar-refractivity contribution in [2.45, 2.75) is 44.8 Å². The second kappa shape index (κ2) is 6.38. The molecule has 0 atom stereocenters. The lowest BCUT2D eigenvalue weighted by Gasteiger charge is -2.29. The van der Waals surface area contributed by atoms with Crippen molar-refractivity contribution >= 4 is 5.91 Å². The molecule has 1 amide bonds. The second-order valence-electron chi connectivity index (χ2n) is 4.95. The van der Waals surface area contributed by atoms with Crippen LogP contribution in [0.5, 0.6) is 5.75 Å². The lowest BCUT2D eigenvalue weighted by atomic mass is 9.93. The van der Waals surface area contributed by atoms with Gasteiger partial charge in [-0.2, -0.15) is 5.26 Å². The number of nitrogens with zero attached hydrogens (tertiary/aromatic N) is 1. The molecule has 1 N–H and O–H groups in total. The van der Waals surface area contributed by atoms with E-state index in [1.54, 1.807) is 12.1 Å². The lowest BCUT2D eigenvalue weighted by Crippen LogP contribution is -2.38. The van der Waals surface area contributed by atoms with Gasteiger partial charge < -0.3 is 10.0 Å². The largest absolute Gasteiger partial charge is 0.490 e. The molecule has 1 aliphatic carbocycles. The van der Waals surface area contributed by atoms with E-state index in [1.165, 1.54) is 19.1 Å². The van der Waals surface area contributed by atoms with E-state index in [9.17, 15) is 9.18 Å². The smallest absolute Gasteiger partial charge is 0.217 e. The van der Waals surface area contributed by atoms with Gasteiger partial charge in [-0.05, 0) is 37.8 Å². The number of halogens is 1. The minimum Gasteiger partial charge on any atom is -0.490 e. The number of hydrogen-bond donors (Lipinski definition) is 1. The number of rotatable bonds is 3. The van der Waals surface area contributed by atoms with Gasteiger partial charge in [0.25, 0.3) is 0 Å². The standard InChI is InChI=1S/C15H17FN2O2/c1-10(19)18-12-3-6-13(7-4-12)20-14-5-2-11(9-17)15(16)8-14/h2,5,8,12-13H,3-4,6-7H2,1H3,(H,18,19)/i/hD. The summed E-state index contributed by atoms with van der Waals surface area (Å²) in [5.41, 5.74) is -0.00244. The third kappa shape index (κ3) is 3.70. The van der Waals surface area contributed by atoms with Crippen molar-refractivity contribution in [3.8, 4) is 11.8 Å². The molecule has 20 heavy (non-hydrogen) atoms. The maximum Gasteiger partial charge on any atom is 0.217 e. The summed E-state index contributed by atoms with van der Waals surface area (Å²) < 4.78 is 26.8. The molecule has 0 radical (unpaired) electrons. The Bertz CT molecular complexity index is 565. The van der Waals surface area contributed by atoms with E-state index in [0.29, 0.717) is 18.6 Å². The molecule has 1 aromatic rings. The number of benzene rings is 1. The van der Waals surface area contributed by atoms with Crippen LogP contribution in [0.3, 0.4) is 0 Å². The second-order valence-corrected chi connectivity index (χ2v) is 4.95. The molecule has 0 bridgehead atoms. The lowest BCUT2D eigenvalue weighted by molar-refractivity contribution is -0.120. The van der Waals surface area contributed by atoms with Crippen molar-refractivity contribution in [3.05, 3.63) is 29.6 Å². The fraction of sp³-hybridized carbons (Fsp3) is 0.467. The monoisotopic (exact) mass is 277 g/mol. The predicted molar refractivity (Wildman–Crippen MR) is 71.6 cm³/mol. The van der Waals surface area contributed by atoms with Gasteiger partial charge in [-0.15, -0.1) is 0 Å². The number of amides is 1. The van der Waals surface area contributed by atoms with Gasteiger partial charge >= 0.3 is 0 Å². The van der Waals surface area contributed by atoms with E-state index in [-0.39, 0.29) is 23.6 Å². The molecule has 0 aromatic heterocycles. The highest BCUT2D eigenvalue weighted by atomic mass is 19.1. The van der Waals surface area contributed by atoms with E-state index in [2.05, 4.69) is 0 Å². The molecule has 0 heterocycles. The quantitative estimate of drug-likeness (QED) is 0.923. The number of hydrogen-bond acceptors (Lipinski definition) is 3. The van der Waals surface area contributed by atoms with Crippen LogP contribution >= 0.6 is 0 Å². The van der Waals surface area contributed by atoms with Crippen LogP contribution in [-0.2, 0) is 4.79 Å². The van der Waals surface area contributed by atoms with Crippen LogP contribution in [0.4, 0.5) is 4.39 Å². The number of carbonyl (C=O) groups is 1. The Morgan fingerprint density at radius 2 is 2.20 bits per heavy atom. The van der Waals surface area contributed by atoms with Gasteiger partial charge in [0.05, 0.1) is 11.7 Å². The first-order chi connectivity index (χ1) is 10.0. The Balaban J connectivity index is 1.91. The third-order valence-electron chi connectivity index (χ3n) is 3.37. The number of nitriles is 1. The van der Waals surface area contributed by atoms with Crippen molar-refractivity contribution in [1.29, 1.82) is 5.26 Å². The Labute approximate surface area is 119 Å². The van der Waals surface area contributed by atoms with Crippen molar-refractivity contribution in [1.82, 2.24) is 5.31 Å². The summed E-state index contributed by atoms with van der Waals surface area (Å²) in [5, 5.41) is 9.70. The zero-order valence-corrected chi connectivity index (χ0v) is 11.3. The fourth-order valence-electron chi connectivity index (χ4n) is 2.40. The van der Waals surface area contributed by atoms with Gasteiger partial charge in [-0.3, -0.25) is 4.79 Å². The van der Waals surface area contributed by atoms with E-state index in [0.717, 1.165) is 18.2 Å². The van der Waals surface area contributed by atoms with Crippen LogP contribution in [0.15, 0.2) is 18.2 Å². The zero-order chi connectivity index (χ0) is 15.4. The molecule has 5 heteroatoms. The molecule has 1 aliphatic rings. The van der Waals surface area contributed by atoms with Gasteiger partial charge in [0.15, 0.2) is 1.41 Å². The molecule has 2 rings (SSSR count). The van der Waals surface area contributed by atoms with Crippen molar-refractivity contribution in [2.24, 2.45) is 0 Å². The van der Waals surface area contributed by atoms with Crippen LogP contribution in [-0.4, -0.2) is 18.1 Å². The summed E-state index contributed by atoms with van der Waals surface area (Å²) in [6.07, 6.45) is 2.79. The van der Waals surface area contributed by atoms with Crippen LogP contribution in [0.25, 0.3) is 0 Å². The third-order valence-corrected chi connectivity index (χ3v) is 3.37. The van der Waals surface area contributed by atoms with Crippen LogP contribution in [0.1, 0.15) is 38.2 Å². The minimum absolute atomic E-state index is 0.00244. The maximum absolute atomic E-state index is 13.5. The molecule has 0 saturated heterocycles. The van der Waals surface area contributed by atoms with Gasteiger partial charge in [-0.1, -0.05) is 0 Å². The Morgan fingerprint density at radius 1 is 1.50 bits per heavy atom. The van der Waals surface area contributed by atoms with Crippen molar-refractivity contribution in [2.75, 3.05) is 0 Å². The van der Waals surface area contributed by atoms with E-state index < -0.39 is 5.82 Å². The molecule has 106 valence electrons. The summed E-state index contributed by atoms with van der Waals surface area (Å²) in [5.74, 6) is -0.435. The molecule has 1 saturated carbocycles. The highest BCUT2D eigenvalue weighted by Gasteiger charge is 2.23. The predicted octanol–water partition coefficient (Wildman–Crippen LogP) is 2.52. The van der Waals surface area contributed by atoms with E-state index >= 15 is 0 Å². The van der Waals surface area contributed by atoms with Gasteiger partial charge in [0, 0.05) is 19.0 Å². The normalized spacial score (nSPS) is 22.6. The van der Waals surface area contributed by atoms with Crippen LogP contribution < -0.4 is 10.0 Å². The molecular weight excluding hydrogens is 259 g/mol. The topological polar surface area (TPSA) is 62.1 Å². The van der Waals surface area contributed by atoms with Crippen LogP contribution in [0.2, 0.25) is 1.41 Å². The summed E-state index contributed by atoms with van der Waals surface area (Å²) in [7, 11) is 0. The Hall–Kier alpha value is -2.09. The number of ether oxygens (including phenoxy) is 1. The maximum atomic E-state index is 13.5. The molecule has 4 nitrogen and oxygen atoms in total. The summed E-state index contributed by atoms with van der Waals surface area (Å²) in [6.45, 7) is 1.38. The SMILES string of the molecule is [2H]N(C(C)=O)C1CCC(Oc2ccc(C#N)c(F)c2)CC1. The molecule has 1 aromatic carbocycles. The fourth-order valence-corrected chi connectivity index (χ4v) is 2.40. The minimum atomic E-state index is -0.586. The summed E-state index contributed by atoms with van der Waals surface area (Å²) >= 11 is 0. The average Bonchev–Trinajstić information content (AvgIpc) is 2.47. The highest BCUT2D eigenvalue weighted by molar-refractivity contribution is 5.73. The van der Waals surface area contributed by atoms with Gasteiger partial charge in [0.2, 0.25) is 5.91 Å². The highest BCUT2D eigenvalue weighted by Crippen LogP contribution is 2.25. The van der Waals surface area contributed by atoms with Crippen LogP contribution in [0, 0.1) is 17.1 Å². The number of carbonyl (C=O) groups excluding carboxylic acids is 1. The van der Waals surface area contributed by atoms with Gasteiger partial charge in [-0.25, -0.2) is 4.39 Å². The summed E-state index contributed by atoms with van der Waals surface area (Å²) in [6, 6.07) is 5.90. The first-order valence-electron chi connectivity index (χ1n) is 7.11. The first-order valence-corrected chi connectivity index (χ1v) is 6.66. The van der Waals surface area contributed by atoms with Crippen molar-refractivity contribution < 1.29 is 15.3 Å². The Kier molecular flexibility index (Phi) is 4.12. The van der Waals surface area contributed by atoms with E-state index in [1.807, 2.05) is 0 Å². The van der Waals surface area contributed by atoms with Crippen molar-refractivity contribution in [3.63, 3.8) is 0 Å². The molecule has 0 aliphatic heterocycles. The molecule has 0 unspecified atom stereocenters. The molecule has 1 fully saturated rings. The zero-order valence-electron chi connectivity index (χ0n) is 12.3. The number of nitrogens with one attached hydrogen (secondary N) is 1. The summed E-state index contributed by atoms with van der Waals surface area (Å²) in [4.78, 5) is 11.2. The van der Waals surface area contributed by atoms with Gasteiger partial charge in [0.1, 0.15) is 17.6 Å². The molecular formula is C15H17FN2O2. The Morgan fingerprint density at radius 3 is 2.75 bits per heavy atom. The average molecular weight is 277 g/mol. The molecule has 0 spiro atoms. The van der Waals surface area contributed by atoms with E-state index in [4.69, 9.17) is 11.4 Å². The first kappa shape index (κ1) is 12.9.